The van der Waals surface area contributed by atoms with Crippen molar-refractivity contribution in [1.82, 2.24) is 0 Å². The van der Waals surface area contributed by atoms with Gasteiger partial charge in [-0.1, -0.05) is 180 Å². The van der Waals surface area contributed by atoms with Crippen molar-refractivity contribution in [2.45, 2.75) is 250 Å². The molecule has 9 nitrogen and oxygen atoms in total. The maximum atomic E-state index is 12.8. The Morgan fingerprint density at radius 2 is 1.00 bits per heavy atom. The van der Waals surface area contributed by atoms with Crippen LogP contribution in [0.2, 0.25) is 0 Å². The Hall–Kier alpha value is -1.07. The van der Waals surface area contributed by atoms with Crippen LogP contribution in [0.15, 0.2) is 12.2 Å². The van der Waals surface area contributed by atoms with E-state index in [-0.39, 0.29) is 19.2 Å². The van der Waals surface area contributed by atoms with Crippen molar-refractivity contribution in [2.24, 2.45) is 0 Å². The minimum absolute atomic E-state index is 0.111. The molecule has 0 amide bonds. The zero-order valence-corrected chi connectivity index (χ0v) is 35.7. The van der Waals surface area contributed by atoms with E-state index in [0.717, 1.165) is 44.9 Å². The molecule has 0 aromatic heterocycles. The van der Waals surface area contributed by atoms with E-state index in [1.165, 1.54) is 148 Å². The van der Waals surface area contributed by atoms with E-state index in [1.54, 1.807) is 0 Å². The number of rotatable bonds is 40. The first kappa shape index (κ1) is 51.9. The fourth-order valence-electron chi connectivity index (χ4n) is 7.25. The Kier molecular flexibility index (Phi) is 36.3. The van der Waals surface area contributed by atoms with Gasteiger partial charge in [0.1, 0.15) is 30.5 Å². The standard InChI is InChI=1S/C46H88O9/c1-3-5-7-9-11-13-15-17-18-19-20-21-22-24-26-28-30-32-34-36-52-38-40(39-53-46-45(51)44(50)43(49)41(37-47)55-46)54-42(48)35-33-31-29-27-25-23-16-14-12-10-8-6-4-2/h14,16,40-41,43-47,49-51H,3-13,15,17-39H2,1-2H3/b16-14-. The van der Waals surface area contributed by atoms with Gasteiger partial charge in [0.15, 0.2) is 6.29 Å². The smallest absolute Gasteiger partial charge is 0.306 e. The number of ether oxygens (including phenoxy) is 4. The van der Waals surface area contributed by atoms with Gasteiger partial charge in [0.05, 0.1) is 19.8 Å². The SMILES string of the molecule is CCCCCC/C=C\CCCCCCCC(=O)OC(COCCCCCCCCCCCCCCCCCCCCC)COC1OC(CO)C(O)C(O)C1O. The number of allylic oxidation sites excluding steroid dienone is 2. The van der Waals surface area contributed by atoms with Crippen LogP contribution in [0.4, 0.5) is 0 Å². The molecule has 9 heteroatoms. The van der Waals surface area contributed by atoms with E-state index < -0.39 is 43.4 Å². The van der Waals surface area contributed by atoms with E-state index in [1.807, 2.05) is 0 Å². The van der Waals surface area contributed by atoms with Gasteiger partial charge in [-0.15, -0.1) is 0 Å². The molecule has 0 aliphatic carbocycles. The zero-order chi connectivity index (χ0) is 40.0. The third kappa shape index (κ3) is 29.8. The van der Waals surface area contributed by atoms with Crippen LogP contribution < -0.4 is 0 Å². The lowest BCUT2D eigenvalue weighted by Gasteiger charge is -2.39. The molecule has 4 N–H and O–H groups in total. The maximum Gasteiger partial charge on any atom is 0.306 e. The molecule has 1 aliphatic heterocycles. The number of hydrogen-bond acceptors (Lipinski definition) is 9. The summed E-state index contributed by atoms with van der Waals surface area (Å²) in [4.78, 5) is 12.8. The van der Waals surface area contributed by atoms with Crippen molar-refractivity contribution in [3.05, 3.63) is 12.2 Å². The molecule has 55 heavy (non-hydrogen) atoms. The summed E-state index contributed by atoms with van der Waals surface area (Å²) < 4.78 is 22.8. The third-order valence-electron chi connectivity index (χ3n) is 10.9. The normalized spacial score (nSPS) is 20.7. The summed E-state index contributed by atoms with van der Waals surface area (Å²) in [5.41, 5.74) is 0. The average Bonchev–Trinajstić information content (AvgIpc) is 3.18. The summed E-state index contributed by atoms with van der Waals surface area (Å²) in [5, 5.41) is 40.1. The van der Waals surface area contributed by atoms with Gasteiger partial charge in [0.2, 0.25) is 0 Å². The maximum absolute atomic E-state index is 12.8. The molecule has 0 bridgehead atoms. The fraction of sp³-hybridized carbons (Fsp3) is 0.935. The highest BCUT2D eigenvalue weighted by atomic mass is 16.7. The number of aliphatic hydroxyl groups excluding tert-OH is 4. The number of aliphatic hydroxyl groups is 4. The average molecular weight is 785 g/mol. The molecular weight excluding hydrogens is 696 g/mol. The van der Waals surface area contributed by atoms with Crippen molar-refractivity contribution < 1.29 is 44.2 Å². The van der Waals surface area contributed by atoms with Gasteiger partial charge in [-0.25, -0.2) is 0 Å². The van der Waals surface area contributed by atoms with Gasteiger partial charge in [-0.2, -0.15) is 0 Å². The molecule has 0 spiro atoms. The van der Waals surface area contributed by atoms with Crippen molar-refractivity contribution >= 4 is 5.97 Å². The van der Waals surface area contributed by atoms with E-state index in [0.29, 0.717) is 13.0 Å². The van der Waals surface area contributed by atoms with Gasteiger partial charge in [-0.3, -0.25) is 4.79 Å². The Balaban J connectivity index is 2.22. The summed E-state index contributed by atoms with van der Waals surface area (Å²) in [6, 6.07) is 0. The first-order chi connectivity index (χ1) is 26.9. The highest BCUT2D eigenvalue weighted by Gasteiger charge is 2.44. The number of hydrogen-bond donors (Lipinski definition) is 4. The van der Waals surface area contributed by atoms with Crippen LogP contribution in [0.5, 0.6) is 0 Å². The summed E-state index contributed by atoms with van der Waals surface area (Å²) in [6.07, 6.45) is 35.2. The molecule has 1 heterocycles. The van der Waals surface area contributed by atoms with Gasteiger partial charge in [-0.05, 0) is 38.5 Å². The van der Waals surface area contributed by atoms with Gasteiger partial charge < -0.3 is 39.4 Å². The van der Waals surface area contributed by atoms with Gasteiger partial charge in [0, 0.05) is 13.0 Å². The molecule has 0 aromatic carbocycles. The van der Waals surface area contributed by atoms with Crippen LogP contribution >= 0.6 is 0 Å². The second-order valence-electron chi connectivity index (χ2n) is 16.2. The molecule has 6 unspecified atom stereocenters. The van der Waals surface area contributed by atoms with E-state index in [4.69, 9.17) is 18.9 Å². The predicted molar refractivity (Wildman–Crippen MR) is 224 cm³/mol. The molecule has 1 rings (SSSR count). The van der Waals surface area contributed by atoms with Crippen molar-refractivity contribution in [3.63, 3.8) is 0 Å². The highest BCUT2D eigenvalue weighted by molar-refractivity contribution is 5.69. The lowest BCUT2D eigenvalue weighted by atomic mass is 9.99. The quantitative estimate of drug-likeness (QED) is 0.0272. The van der Waals surface area contributed by atoms with Crippen LogP contribution in [0.25, 0.3) is 0 Å². The minimum atomic E-state index is -1.53. The Bertz CT molecular complexity index is 853. The second-order valence-corrected chi connectivity index (χ2v) is 16.2. The molecule has 0 saturated carbocycles. The van der Waals surface area contributed by atoms with Crippen molar-refractivity contribution in [3.8, 4) is 0 Å². The molecule has 1 fully saturated rings. The molecule has 0 radical (unpaired) electrons. The summed E-state index contributed by atoms with van der Waals surface area (Å²) in [7, 11) is 0. The second kappa shape index (κ2) is 38.4. The number of esters is 1. The Labute approximate surface area is 337 Å². The molecule has 326 valence electrons. The largest absolute Gasteiger partial charge is 0.457 e. The minimum Gasteiger partial charge on any atom is -0.457 e. The van der Waals surface area contributed by atoms with Crippen molar-refractivity contribution in [2.75, 3.05) is 26.4 Å². The van der Waals surface area contributed by atoms with Crippen LogP contribution in [0.1, 0.15) is 213 Å². The molecular formula is C46H88O9. The predicted octanol–water partition coefficient (Wildman–Crippen LogP) is 10.4. The topological polar surface area (TPSA) is 135 Å². The molecule has 1 aliphatic rings. The molecule has 6 atom stereocenters. The molecule has 1 saturated heterocycles. The highest BCUT2D eigenvalue weighted by Crippen LogP contribution is 2.23. The van der Waals surface area contributed by atoms with E-state index in [2.05, 4.69) is 26.0 Å². The molecule has 0 aromatic rings. The summed E-state index contributed by atoms with van der Waals surface area (Å²) in [5.74, 6) is -0.319. The first-order valence-electron chi connectivity index (χ1n) is 23.3. The van der Waals surface area contributed by atoms with Crippen LogP contribution in [-0.2, 0) is 23.7 Å². The fourth-order valence-corrected chi connectivity index (χ4v) is 7.25. The lowest BCUT2D eigenvalue weighted by Crippen LogP contribution is -2.59. The van der Waals surface area contributed by atoms with Gasteiger partial charge >= 0.3 is 5.97 Å². The summed E-state index contributed by atoms with van der Waals surface area (Å²) >= 11 is 0. The lowest BCUT2D eigenvalue weighted by molar-refractivity contribution is -0.305. The Morgan fingerprint density at radius 1 is 0.564 bits per heavy atom. The zero-order valence-electron chi connectivity index (χ0n) is 35.7. The third-order valence-corrected chi connectivity index (χ3v) is 10.9. The first-order valence-corrected chi connectivity index (χ1v) is 23.3. The van der Waals surface area contributed by atoms with E-state index in [9.17, 15) is 25.2 Å². The number of carbonyl (C=O) groups excluding carboxylic acids is 1. The monoisotopic (exact) mass is 785 g/mol. The Morgan fingerprint density at radius 3 is 1.49 bits per heavy atom. The van der Waals surface area contributed by atoms with Crippen LogP contribution in [0.3, 0.4) is 0 Å². The summed E-state index contributed by atoms with van der Waals surface area (Å²) in [6.45, 7) is 4.57. The van der Waals surface area contributed by atoms with Crippen LogP contribution in [0, 0.1) is 0 Å². The van der Waals surface area contributed by atoms with Crippen molar-refractivity contribution in [1.29, 1.82) is 0 Å². The van der Waals surface area contributed by atoms with Crippen LogP contribution in [-0.4, -0.2) is 89.6 Å². The number of carbonyl (C=O) groups is 1. The number of unbranched alkanes of at least 4 members (excludes halogenated alkanes) is 27. The van der Waals surface area contributed by atoms with E-state index >= 15 is 0 Å². The van der Waals surface area contributed by atoms with Gasteiger partial charge in [0.25, 0.3) is 0 Å².